The van der Waals surface area contributed by atoms with E-state index in [0.717, 1.165) is 11.8 Å². The molecule has 7 heteroatoms. The summed E-state index contributed by atoms with van der Waals surface area (Å²) in [6, 6.07) is 8.89. The molecule has 0 aromatic heterocycles. The lowest BCUT2D eigenvalue weighted by atomic mass is 9.93. The zero-order valence-electron chi connectivity index (χ0n) is 15.4. The van der Waals surface area contributed by atoms with Crippen LogP contribution in [0.3, 0.4) is 0 Å². The van der Waals surface area contributed by atoms with Crippen LogP contribution in [0.15, 0.2) is 43.0 Å². The van der Waals surface area contributed by atoms with E-state index >= 15 is 0 Å². The topological polar surface area (TPSA) is 77.1 Å². The van der Waals surface area contributed by atoms with E-state index in [1.807, 2.05) is 37.3 Å². The Balaban J connectivity index is 1.81. The number of ether oxygens (including phenoxy) is 3. The molecule has 1 aromatic rings. The second-order valence-corrected chi connectivity index (χ2v) is 6.34. The van der Waals surface area contributed by atoms with Crippen LogP contribution in [0.25, 0.3) is 0 Å². The highest BCUT2D eigenvalue weighted by molar-refractivity contribution is 5.99. The summed E-state index contributed by atoms with van der Waals surface area (Å²) in [4.78, 5) is 24.8. The Morgan fingerprint density at radius 2 is 1.96 bits per heavy atom. The highest BCUT2D eigenvalue weighted by atomic mass is 16.7. The summed E-state index contributed by atoms with van der Waals surface area (Å²) in [7, 11) is 1.60. The van der Waals surface area contributed by atoms with Crippen LogP contribution >= 0.6 is 0 Å². The largest absolute Gasteiger partial charge is 0.468 e. The third-order valence-electron chi connectivity index (χ3n) is 4.63. The molecule has 1 fully saturated rings. The zero-order valence-corrected chi connectivity index (χ0v) is 15.4. The summed E-state index contributed by atoms with van der Waals surface area (Å²) in [6.45, 7) is 7.87. The normalized spacial score (nSPS) is 24.7. The van der Waals surface area contributed by atoms with Gasteiger partial charge in [-0.15, -0.1) is 0 Å². The van der Waals surface area contributed by atoms with Gasteiger partial charge in [-0.1, -0.05) is 38.6 Å². The number of carbonyl (C=O) groups is 2. The Morgan fingerprint density at radius 1 is 1.27 bits per heavy atom. The molecule has 1 heterocycles. The SMILES string of the molecule is C=CC(=O)NC(=O)N(C)[C@@H]1O[C@H](COCOc2ccccc2)[C@@H](C)[C@H]1C. The average molecular weight is 362 g/mol. The fourth-order valence-corrected chi connectivity index (χ4v) is 2.81. The predicted octanol–water partition coefficient (Wildman–Crippen LogP) is 2.39. The van der Waals surface area contributed by atoms with Crippen LogP contribution in [-0.4, -0.2) is 49.6 Å². The highest BCUT2D eigenvalue weighted by Crippen LogP contribution is 2.33. The summed E-state index contributed by atoms with van der Waals surface area (Å²) in [6.07, 6.45) is 0.447. The van der Waals surface area contributed by atoms with Crippen LogP contribution in [0, 0.1) is 11.8 Å². The second-order valence-electron chi connectivity index (χ2n) is 6.34. The van der Waals surface area contributed by atoms with Crippen molar-refractivity contribution in [2.24, 2.45) is 11.8 Å². The van der Waals surface area contributed by atoms with Crippen molar-refractivity contribution < 1.29 is 23.8 Å². The van der Waals surface area contributed by atoms with Crippen LogP contribution in [0.1, 0.15) is 13.8 Å². The first-order valence-corrected chi connectivity index (χ1v) is 8.55. The maximum atomic E-state index is 12.1. The number of imide groups is 1. The fraction of sp³-hybridized carbons (Fsp3) is 0.474. The van der Waals surface area contributed by atoms with Crippen molar-refractivity contribution in [3.8, 4) is 5.75 Å². The number of para-hydroxylation sites is 1. The molecule has 0 aliphatic carbocycles. The molecule has 0 unspecified atom stereocenters. The third-order valence-corrected chi connectivity index (χ3v) is 4.63. The summed E-state index contributed by atoms with van der Waals surface area (Å²) >= 11 is 0. The molecule has 0 saturated carbocycles. The highest BCUT2D eigenvalue weighted by Gasteiger charge is 2.42. The Labute approximate surface area is 153 Å². The maximum Gasteiger partial charge on any atom is 0.326 e. The Kier molecular flexibility index (Phi) is 7.17. The van der Waals surface area contributed by atoms with Crippen LogP contribution < -0.4 is 10.1 Å². The minimum absolute atomic E-state index is 0.0909. The molecule has 1 aromatic carbocycles. The van der Waals surface area contributed by atoms with Gasteiger partial charge in [0.05, 0.1) is 12.7 Å². The maximum absolute atomic E-state index is 12.1. The lowest BCUT2D eigenvalue weighted by molar-refractivity contribution is -0.116. The molecule has 0 radical (unpaired) electrons. The van der Waals surface area contributed by atoms with E-state index in [1.165, 1.54) is 4.90 Å². The van der Waals surface area contributed by atoms with Crippen molar-refractivity contribution >= 4 is 11.9 Å². The molecule has 0 bridgehead atoms. The lowest BCUT2D eigenvalue weighted by Crippen LogP contribution is -2.47. The van der Waals surface area contributed by atoms with E-state index in [0.29, 0.717) is 6.61 Å². The molecular weight excluding hydrogens is 336 g/mol. The van der Waals surface area contributed by atoms with Gasteiger partial charge in [-0.2, -0.15) is 0 Å². The van der Waals surface area contributed by atoms with Crippen molar-refractivity contribution in [1.29, 1.82) is 0 Å². The average Bonchev–Trinajstić information content (AvgIpc) is 2.93. The third kappa shape index (κ3) is 5.06. The van der Waals surface area contributed by atoms with Crippen molar-refractivity contribution in [2.45, 2.75) is 26.2 Å². The molecule has 0 spiro atoms. The van der Waals surface area contributed by atoms with E-state index < -0.39 is 18.2 Å². The van der Waals surface area contributed by atoms with Crippen molar-refractivity contribution in [1.82, 2.24) is 10.2 Å². The van der Waals surface area contributed by atoms with Gasteiger partial charge in [0, 0.05) is 13.0 Å². The van der Waals surface area contributed by atoms with Crippen LogP contribution in [0.5, 0.6) is 5.75 Å². The first-order chi connectivity index (χ1) is 12.4. The first-order valence-electron chi connectivity index (χ1n) is 8.55. The lowest BCUT2D eigenvalue weighted by Gasteiger charge is -2.27. The van der Waals surface area contributed by atoms with Gasteiger partial charge in [-0.05, 0) is 24.1 Å². The van der Waals surface area contributed by atoms with Crippen molar-refractivity contribution in [3.05, 3.63) is 43.0 Å². The molecule has 7 nitrogen and oxygen atoms in total. The molecular formula is C19H26N2O5. The smallest absolute Gasteiger partial charge is 0.326 e. The molecule has 1 aliphatic heterocycles. The number of benzene rings is 1. The van der Waals surface area contributed by atoms with E-state index in [4.69, 9.17) is 14.2 Å². The van der Waals surface area contributed by atoms with Gasteiger partial charge < -0.3 is 19.1 Å². The van der Waals surface area contributed by atoms with Crippen LogP contribution in [0.2, 0.25) is 0 Å². The Morgan fingerprint density at radius 3 is 2.62 bits per heavy atom. The number of nitrogens with one attached hydrogen (secondary N) is 1. The number of hydrogen-bond acceptors (Lipinski definition) is 5. The second kappa shape index (κ2) is 9.35. The van der Waals surface area contributed by atoms with E-state index in [2.05, 4.69) is 18.8 Å². The number of rotatable bonds is 7. The van der Waals surface area contributed by atoms with Gasteiger partial charge in [0.2, 0.25) is 0 Å². The number of hydrogen-bond donors (Lipinski definition) is 1. The molecule has 2 rings (SSSR count). The summed E-state index contributed by atoms with van der Waals surface area (Å²) < 4.78 is 17.1. The van der Waals surface area contributed by atoms with E-state index in [-0.39, 0.29) is 24.7 Å². The molecule has 3 amide bonds. The van der Waals surface area contributed by atoms with Gasteiger partial charge in [0.15, 0.2) is 6.79 Å². The molecule has 1 aliphatic rings. The first kappa shape index (κ1) is 19.9. The van der Waals surface area contributed by atoms with Crippen molar-refractivity contribution in [3.63, 3.8) is 0 Å². The quantitative estimate of drug-likeness (QED) is 0.458. The fourth-order valence-electron chi connectivity index (χ4n) is 2.81. The minimum Gasteiger partial charge on any atom is -0.468 e. The molecule has 142 valence electrons. The van der Waals surface area contributed by atoms with Gasteiger partial charge >= 0.3 is 6.03 Å². The summed E-state index contributed by atoms with van der Waals surface area (Å²) in [5.41, 5.74) is 0. The van der Waals surface area contributed by atoms with Gasteiger partial charge in [-0.25, -0.2) is 4.79 Å². The number of carbonyl (C=O) groups excluding carboxylic acids is 2. The summed E-state index contributed by atoms with van der Waals surface area (Å²) in [5.74, 6) is 0.469. The Bertz CT molecular complexity index is 622. The summed E-state index contributed by atoms with van der Waals surface area (Å²) in [5, 5.41) is 2.23. The number of urea groups is 1. The van der Waals surface area contributed by atoms with E-state index in [9.17, 15) is 9.59 Å². The van der Waals surface area contributed by atoms with Gasteiger partial charge in [0.25, 0.3) is 5.91 Å². The molecule has 1 saturated heterocycles. The monoisotopic (exact) mass is 362 g/mol. The molecule has 1 N–H and O–H groups in total. The molecule has 4 atom stereocenters. The number of nitrogens with zero attached hydrogens (tertiary/aromatic N) is 1. The Hall–Kier alpha value is -2.38. The van der Waals surface area contributed by atoms with Gasteiger partial charge in [-0.3, -0.25) is 10.1 Å². The van der Waals surface area contributed by atoms with Crippen LogP contribution in [-0.2, 0) is 14.3 Å². The van der Waals surface area contributed by atoms with Gasteiger partial charge in [0.1, 0.15) is 12.0 Å². The van der Waals surface area contributed by atoms with Crippen LogP contribution in [0.4, 0.5) is 4.79 Å². The number of amides is 3. The standard InChI is InChI=1S/C19H26N2O5/c1-5-17(22)20-19(23)21(4)18-14(3)13(2)16(26-18)11-24-12-25-15-9-7-6-8-10-15/h5-10,13-14,16,18H,1,11-12H2,2-4H3,(H,20,22,23)/t13-,14+,16+,18+/m0/s1. The predicted molar refractivity (Wildman–Crippen MR) is 96.4 cm³/mol. The van der Waals surface area contributed by atoms with Crippen molar-refractivity contribution in [2.75, 3.05) is 20.4 Å². The minimum atomic E-state index is -0.543. The zero-order chi connectivity index (χ0) is 19.1. The van der Waals surface area contributed by atoms with E-state index in [1.54, 1.807) is 7.05 Å². The molecule has 26 heavy (non-hydrogen) atoms.